The maximum atomic E-state index is 14.5. The molecule has 1 aromatic heterocycles. The first kappa shape index (κ1) is 20.5. The fourth-order valence-electron chi connectivity index (χ4n) is 3.07. The lowest BCUT2D eigenvalue weighted by molar-refractivity contribution is 0.331. The van der Waals surface area contributed by atoms with Crippen LogP contribution in [0, 0.1) is 11.6 Å². The normalized spacial score (nSPS) is 16.1. The molecule has 0 aliphatic carbocycles. The van der Waals surface area contributed by atoms with Crippen LogP contribution in [0.2, 0.25) is 0 Å². The molecule has 3 rings (SSSR count). The average molecular weight is 428 g/mol. The summed E-state index contributed by atoms with van der Waals surface area (Å²) in [6, 6.07) is 2.36. The molecule has 1 fully saturated rings. The molecule has 1 aliphatic heterocycles. The quantitative estimate of drug-likeness (QED) is 0.706. The average Bonchev–Trinajstić information content (AvgIpc) is 2.63. The first-order valence-electron chi connectivity index (χ1n) is 8.48. The third-order valence-corrected chi connectivity index (χ3v) is 6.15. The Labute approximate surface area is 167 Å². The summed E-state index contributed by atoms with van der Waals surface area (Å²) < 4.78 is 52.7. The SMILES string of the molecule is CS(=O)(=O)N1CCC(Nc2ncc(-c3ccc(F)c(C=S)c3F)c(N)n2)CC1. The number of sulfonamides is 1. The van der Waals surface area contributed by atoms with Crippen molar-refractivity contribution in [2.75, 3.05) is 30.4 Å². The second-order valence-electron chi connectivity index (χ2n) is 6.51. The summed E-state index contributed by atoms with van der Waals surface area (Å²) in [7, 11) is -3.20. The highest BCUT2D eigenvalue weighted by Gasteiger charge is 2.25. The molecule has 7 nitrogen and oxygen atoms in total. The third kappa shape index (κ3) is 4.26. The number of hydrogen-bond donors (Lipinski definition) is 2. The fourth-order valence-corrected chi connectivity index (χ4v) is 4.16. The van der Waals surface area contributed by atoms with E-state index in [1.165, 1.54) is 22.8 Å². The van der Waals surface area contributed by atoms with Crippen molar-refractivity contribution < 1.29 is 17.2 Å². The molecule has 1 aromatic carbocycles. The van der Waals surface area contributed by atoms with Gasteiger partial charge in [-0.05, 0) is 25.0 Å². The Hall–Kier alpha value is -2.24. The standard InChI is InChI=1S/C17H19F2N5O2S2/c1-28(25,26)24-6-4-10(5-7-24)22-17-21-8-12(16(20)23-17)11-2-3-14(18)13(9-27)15(11)19/h2-3,8-10H,4-7H2,1H3,(H3,20,21,22,23). The molecule has 0 amide bonds. The molecular formula is C17H19F2N5O2S2. The Morgan fingerprint density at radius 2 is 1.96 bits per heavy atom. The molecule has 11 heteroatoms. The number of nitrogens with two attached hydrogens (primary N) is 1. The van der Waals surface area contributed by atoms with Crippen LogP contribution in [0.15, 0.2) is 18.3 Å². The maximum absolute atomic E-state index is 14.5. The molecule has 1 aliphatic rings. The molecule has 0 spiro atoms. The highest BCUT2D eigenvalue weighted by Crippen LogP contribution is 2.30. The van der Waals surface area contributed by atoms with Gasteiger partial charge in [-0.1, -0.05) is 12.2 Å². The number of rotatable bonds is 5. The van der Waals surface area contributed by atoms with E-state index in [-0.39, 0.29) is 34.5 Å². The van der Waals surface area contributed by atoms with Crippen molar-refractivity contribution in [1.82, 2.24) is 14.3 Å². The van der Waals surface area contributed by atoms with Crippen molar-refractivity contribution in [3.63, 3.8) is 0 Å². The van der Waals surface area contributed by atoms with Crippen LogP contribution in [0.25, 0.3) is 11.1 Å². The van der Waals surface area contributed by atoms with E-state index in [4.69, 9.17) is 5.73 Å². The Morgan fingerprint density at radius 1 is 1.29 bits per heavy atom. The fraction of sp³-hybridized carbons (Fsp3) is 0.353. The van der Waals surface area contributed by atoms with Gasteiger partial charge in [-0.25, -0.2) is 26.5 Å². The summed E-state index contributed by atoms with van der Waals surface area (Å²) >= 11 is 4.66. The summed E-state index contributed by atoms with van der Waals surface area (Å²) in [5.41, 5.74) is 5.94. The Bertz CT molecular complexity index is 1010. The summed E-state index contributed by atoms with van der Waals surface area (Å²) in [5.74, 6) is -1.28. The van der Waals surface area contributed by atoms with Crippen LogP contribution in [0.4, 0.5) is 20.5 Å². The number of piperidine rings is 1. The lowest BCUT2D eigenvalue weighted by Gasteiger charge is -2.30. The molecule has 3 N–H and O–H groups in total. The van der Waals surface area contributed by atoms with Crippen molar-refractivity contribution in [3.05, 3.63) is 35.5 Å². The van der Waals surface area contributed by atoms with Gasteiger partial charge in [-0.3, -0.25) is 0 Å². The van der Waals surface area contributed by atoms with E-state index < -0.39 is 21.7 Å². The van der Waals surface area contributed by atoms with Crippen molar-refractivity contribution in [2.45, 2.75) is 18.9 Å². The first-order chi connectivity index (χ1) is 13.2. The van der Waals surface area contributed by atoms with Gasteiger partial charge in [0, 0.05) is 41.8 Å². The van der Waals surface area contributed by atoms with Gasteiger partial charge in [0.1, 0.15) is 17.5 Å². The summed E-state index contributed by atoms with van der Waals surface area (Å²) in [5, 5.41) is 4.05. The lowest BCUT2D eigenvalue weighted by atomic mass is 10.0. The lowest BCUT2D eigenvalue weighted by Crippen LogP contribution is -2.42. The number of hydrogen-bond acceptors (Lipinski definition) is 7. The van der Waals surface area contributed by atoms with Gasteiger partial charge in [-0.2, -0.15) is 4.98 Å². The zero-order valence-electron chi connectivity index (χ0n) is 15.0. The largest absolute Gasteiger partial charge is 0.383 e. The molecule has 0 atom stereocenters. The number of halogens is 2. The predicted octanol–water partition coefficient (Wildman–Crippen LogP) is 2.19. The van der Waals surface area contributed by atoms with Crippen LogP contribution in [-0.4, -0.2) is 53.4 Å². The summed E-state index contributed by atoms with van der Waals surface area (Å²) in [6.45, 7) is 0.816. The number of nitrogens with zero attached hydrogens (tertiary/aromatic N) is 3. The zero-order chi connectivity index (χ0) is 20.5. The van der Waals surface area contributed by atoms with Gasteiger partial charge in [0.05, 0.1) is 11.8 Å². The number of nitrogens with one attached hydrogen (secondary N) is 1. The Morgan fingerprint density at radius 3 is 2.54 bits per heavy atom. The predicted molar refractivity (Wildman–Crippen MR) is 108 cm³/mol. The maximum Gasteiger partial charge on any atom is 0.224 e. The van der Waals surface area contributed by atoms with Gasteiger partial charge in [0.25, 0.3) is 0 Å². The topological polar surface area (TPSA) is 101 Å². The number of thiocarbonyl (C=S) groups is 1. The molecule has 1 saturated heterocycles. The summed E-state index contributed by atoms with van der Waals surface area (Å²) in [4.78, 5) is 8.32. The van der Waals surface area contributed by atoms with E-state index in [1.807, 2.05) is 0 Å². The monoisotopic (exact) mass is 427 g/mol. The molecule has 150 valence electrons. The van der Waals surface area contributed by atoms with Crippen molar-refractivity contribution in [2.24, 2.45) is 0 Å². The van der Waals surface area contributed by atoms with Gasteiger partial charge in [0.15, 0.2) is 0 Å². The molecule has 0 radical (unpaired) electrons. The molecule has 0 bridgehead atoms. The van der Waals surface area contributed by atoms with Crippen molar-refractivity contribution in [1.29, 1.82) is 0 Å². The van der Waals surface area contributed by atoms with E-state index in [2.05, 4.69) is 27.5 Å². The van der Waals surface area contributed by atoms with E-state index in [0.717, 1.165) is 11.4 Å². The zero-order valence-corrected chi connectivity index (χ0v) is 16.7. The molecule has 28 heavy (non-hydrogen) atoms. The molecule has 0 unspecified atom stereocenters. The van der Waals surface area contributed by atoms with Gasteiger partial charge >= 0.3 is 0 Å². The van der Waals surface area contributed by atoms with Gasteiger partial charge < -0.3 is 11.1 Å². The van der Waals surface area contributed by atoms with E-state index in [1.54, 1.807) is 0 Å². The molecule has 0 saturated carbocycles. The van der Waals surface area contributed by atoms with Gasteiger partial charge in [-0.15, -0.1) is 0 Å². The van der Waals surface area contributed by atoms with Crippen LogP contribution in [0.5, 0.6) is 0 Å². The second kappa shape index (κ2) is 8.02. The van der Waals surface area contributed by atoms with Crippen LogP contribution < -0.4 is 11.1 Å². The third-order valence-electron chi connectivity index (χ3n) is 4.61. The second-order valence-corrected chi connectivity index (χ2v) is 8.73. The van der Waals surface area contributed by atoms with E-state index in [0.29, 0.717) is 25.9 Å². The minimum atomic E-state index is -3.20. The summed E-state index contributed by atoms with van der Waals surface area (Å²) in [6.07, 6.45) is 3.75. The first-order valence-corrected chi connectivity index (χ1v) is 10.8. The highest BCUT2D eigenvalue weighted by molar-refractivity contribution is 7.88. The minimum Gasteiger partial charge on any atom is -0.383 e. The number of nitrogen functional groups attached to an aromatic ring is 1. The van der Waals surface area contributed by atoms with Crippen LogP contribution >= 0.6 is 12.2 Å². The van der Waals surface area contributed by atoms with Gasteiger partial charge in [0.2, 0.25) is 16.0 Å². The molecular weight excluding hydrogens is 408 g/mol. The Balaban J connectivity index is 1.76. The molecule has 2 aromatic rings. The number of aromatic nitrogens is 2. The Kier molecular flexibility index (Phi) is 5.87. The van der Waals surface area contributed by atoms with Crippen LogP contribution in [-0.2, 0) is 10.0 Å². The molecule has 2 heterocycles. The number of anilines is 2. The smallest absolute Gasteiger partial charge is 0.224 e. The van der Waals surface area contributed by atoms with Crippen molar-refractivity contribution >= 4 is 39.4 Å². The minimum absolute atomic E-state index is 0.00720. The van der Waals surface area contributed by atoms with Crippen LogP contribution in [0.1, 0.15) is 18.4 Å². The van der Waals surface area contributed by atoms with Crippen molar-refractivity contribution in [3.8, 4) is 11.1 Å². The van der Waals surface area contributed by atoms with E-state index in [9.17, 15) is 17.2 Å². The van der Waals surface area contributed by atoms with Crippen LogP contribution in [0.3, 0.4) is 0 Å². The number of benzene rings is 1. The highest BCUT2D eigenvalue weighted by atomic mass is 32.2. The van der Waals surface area contributed by atoms with E-state index >= 15 is 0 Å².